The van der Waals surface area contributed by atoms with Crippen LogP contribution >= 0.6 is 11.6 Å². The van der Waals surface area contributed by atoms with Gasteiger partial charge in [-0.1, -0.05) is 42.5 Å². The van der Waals surface area contributed by atoms with Crippen molar-refractivity contribution in [2.24, 2.45) is 0 Å². The van der Waals surface area contributed by atoms with Gasteiger partial charge in [0.1, 0.15) is 18.0 Å². The molecule has 3 aromatic rings. The minimum absolute atomic E-state index is 0.619. The molecule has 0 saturated carbocycles. The first-order valence-electron chi connectivity index (χ1n) is 9.29. The second kappa shape index (κ2) is 7.98. The highest BCUT2D eigenvalue weighted by molar-refractivity contribution is 6.32. The number of aryl methyl sites for hydroxylation is 1. The second-order valence-corrected chi connectivity index (χ2v) is 7.29. The van der Waals surface area contributed by atoms with E-state index >= 15 is 0 Å². The summed E-state index contributed by atoms with van der Waals surface area (Å²) in [5, 5.41) is 4.17. The van der Waals surface area contributed by atoms with E-state index in [2.05, 4.69) is 43.9 Å². The summed E-state index contributed by atoms with van der Waals surface area (Å²) in [5.74, 6) is 1.84. The van der Waals surface area contributed by atoms with Crippen LogP contribution in [0.15, 0.2) is 49.4 Å². The van der Waals surface area contributed by atoms with E-state index in [1.165, 1.54) is 0 Å². The average molecular weight is 392 g/mol. The number of nitrogens with one attached hydrogen (secondary N) is 1. The van der Waals surface area contributed by atoms with E-state index in [9.17, 15) is 0 Å². The van der Waals surface area contributed by atoms with Crippen LogP contribution < -0.4 is 10.2 Å². The molecular formula is C22H22ClN5. The fourth-order valence-corrected chi connectivity index (χ4v) is 3.75. The van der Waals surface area contributed by atoms with Crippen molar-refractivity contribution in [2.45, 2.75) is 26.4 Å². The van der Waals surface area contributed by atoms with E-state index in [0.717, 1.165) is 59.1 Å². The van der Waals surface area contributed by atoms with Gasteiger partial charge in [0.2, 0.25) is 0 Å². The molecule has 0 bridgehead atoms. The topological polar surface area (TPSA) is 53.9 Å². The molecular weight excluding hydrogens is 370 g/mol. The summed E-state index contributed by atoms with van der Waals surface area (Å²) in [7, 11) is 0. The molecule has 0 radical (unpaired) electrons. The number of hydrogen-bond donors (Lipinski definition) is 1. The van der Waals surface area contributed by atoms with Crippen LogP contribution in [0.25, 0.3) is 6.08 Å². The first-order valence-corrected chi connectivity index (χ1v) is 9.67. The van der Waals surface area contributed by atoms with Gasteiger partial charge >= 0.3 is 0 Å². The highest BCUT2D eigenvalue weighted by Gasteiger charge is 2.22. The molecule has 142 valence electrons. The van der Waals surface area contributed by atoms with Gasteiger partial charge in [-0.05, 0) is 35.7 Å². The number of hydrogen-bond acceptors (Lipinski definition) is 5. The number of pyridine rings is 1. The van der Waals surface area contributed by atoms with Crippen LogP contribution in [0.3, 0.4) is 0 Å². The molecule has 6 heteroatoms. The molecule has 28 heavy (non-hydrogen) atoms. The molecule has 1 N–H and O–H groups in total. The molecule has 1 aliphatic rings. The number of aromatic nitrogens is 3. The number of anilines is 2. The summed E-state index contributed by atoms with van der Waals surface area (Å²) in [5.41, 5.74) is 5.41. The molecule has 4 rings (SSSR count). The fourth-order valence-electron chi connectivity index (χ4n) is 3.48. The Morgan fingerprint density at radius 1 is 1.21 bits per heavy atom. The van der Waals surface area contributed by atoms with Gasteiger partial charge in [-0.25, -0.2) is 15.0 Å². The number of halogens is 1. The highest BCUT2D eigenvalue weighted by Crippen LogP contribution is 2.27. The molecule has 0 amide bonds. The van der Waals surface area contributed by atoms with Crippen molar-refractivity contribution in [2.75, 3.05) is 16.8 Å². The van der Waals surface area contributed by atoms with Crippen molar-refractivity contribution < 1.29 is 0 Å². The Hall–Kier alpha value is -2.92. The van der Waals surface area contributed by atoms with Crippen molar-refractivity contribution in [1.29, 1.82) is 0 Å². The van der Waals surface area contributed by atoms with Crippen LogP contribution in [0, 0.1) is 6.92 Å². The Kier molecular flexibility index (Phi) is 5.26. The predicted octanol–water partition coefficient (Wildman–Crippen LogP) is 4.65. The van der Waals surface area contributed by atoms with Crippen molar-refractivity contribution in [3.05, 3.63) is 82.4 Å². The smallest absolute Gasteiger partial charge is 0.134 e. The van der Waals surface area contributed by atoms with Crippen LogP contribution in [0.4, 0.5) is 11.6 Å². The first-order chi connectivity index (χ1) is 13.7. The summed E-state index contributed by atoms with van der Waals surface area (Å²) < 4.78 is 0. The monoisotopic (exact) mass is 391 g/mol. The summed E-state index contributed by atoms with van der Waals surface area (Å²) in [6.45, 7) is 8.17. The Labute approximate surface area is 170 Å². The van der Waals surface area contributed by atoms with Gasteiger partial charge in [0, 0.05) is 42.8 Å². The third kappa shape index (κ3) is 3.71. The van der Waals surface area contributed by atoms with Gasteiger partial charge in [-0.15, -0.1) is 0 Å². The van der Waals surface area contributed by atoms with Crippen molar-refractivity contribution in [3.8, 4) is 0 Å². The van der Waals surface area contributed by atoms with Gasteiger partial charge < -0.3 is 10.2 Å². The van der Waals surface area contributed by atoms with Crippen LogP contribution in [0.2, 0.25) is 5.02 Å². The van der Waals surface area contributed by atoms with Gasteiger partial charge in [0.25, 0.3) is 0 Å². The van der Waals surface area contributed by atoms with Gasteiger partial charge in [-0.2, -0.15) is 0 Å². The standard InChI is InChI=1S/C22H22ClN5/c1-3-17-16(5-4-6-19(17)23)12-25-22-18-13-28(10-9-20(18)26-14-27-22)21-8-7-15(2)11-24-21/h3-8,11,14H,1,9-10,12-13H2,2H3,(H,25,26,27). The predicted molar refractivity (Wildman–Crippen MR) is 115 cm³/mol. The van der Waals surface area contributed by atoms with Crippen molar-refractivity contribution in [3.63, 3.8) is 0 Å². The van der Waals surface area contributed by atoms with E-state index in [1.807, 2.05) is 31.3 Å². The molecule has 0 spiro atoms. The average Bonchev–Trinajstić information content (AvgIpc) is 2.72. The van der Waals surface area contributed by atoms with E-state index in [-0.39, 0.29) is 0 Å². The number of nitrogens with zero attached hydrogens (tertiary/aromatic N) is 4. The normalized spacial score (nSPS) is 13.1. The lowest BCUT2D eigenvalue weighted by Crippen LogP contribution is -2.32. The molecule has 5 nitrogen and oxygen atoms in total. The summed E-state index contributed by atoms with van der Waals surface area (Å²) in [6.07, 6.45) is 6.20. The quantitative estimate of drug-likeness (QED) is 0.686. The fraction of sp³-hybridized carbons (Fsp3) is 0.227. The maximum Gasteiger partial charge on any atom is 0.134 e. The Morgan fingerprint density at radius 2 is 2.11 bits per heavy atom. The first kappa shape index (κ1) is 18.4. The van der Waals surface area contributed by atoms with Crippen LogP contribution in [0.5, 0.6) is 0 Å². The minimum Gasteiger partial charge on any atom is -0.366 e. The summed E-state index contributed by atoms with van der Waals surface area (Å²) >= 11 is 6.29. The molecule has 0 unspecified atom stereocenters. The maximum atomic E-state index is 6.29. The molecule has 0 aliphatic carbocycles. The molecule has 0 atom stereocenters. The van der Waals surface area contributed by atoms with Gasteiger partial charge in [0.15, 0.2) is 0 Å². The zero-order valence-corrected chi connectivity index (χ0v) is 16.6. The van der Waals surface area contributed by atoms with Crippen molar-refractivity contribution >= 4 is 29.3 Å². The van der Waals surface area contributed by atoms with Crippen molar-refractivity contribution in [1.82, 2.24) is 15.0 Å². The Bertz CT molecular complexity index is 1000. The Morgan fingerprint density at radius 3 is 2.89 bits per heavy atom. The highest BCUT2D eigenvalue weighted by atomic mass is 35.5. The van der Waals surface area contributed by atoms with E-state index in [1.54, 1.807) is 12.4 Å². The molecule has 0 saturated heterocycles. The zero-order valence-electron chi connectivity index (χ0n) is 15.8. The van der Waals surface area contributed by atoms with E-state index < -0.39 is 0 Å². The molecule has 1 aromatic carbocycles. The van der Waals surface area contributed by atoms with Gasteiger partial charge in [0.05, 0.1) is 5.69 Å². The van der Waals surface area contributed by atoms with Crippen LogP contribution in [-0.2, 0) is 19.5 Å². The number of fused-ring (bicyclic) bond motifs is 1. The third-order valence-corrected chi connectivity index (χ3v) is 5.35. The van der Waals surface area contributed by atoms with Crippen LogP contribution in [-0.4, -0.2) is 21.5 Å². The lowest BCUT2D eigenvalue weighted by atomic mass is 10.0. The van der Waals surface area contributed by atoms with E-state index in [0.29, 0.717) is 11.6 Å². The summed E-state index contributed by atoms with van der Waals surface area (Å²) in [6, 6.07) is 10.0. The second-order valence-electron chi connectivity index (χ2n) is 6.88. The Balaban J connectivity index is 1.57. The SMILES string of the molecule is C=Cc1c(Cl)cccc1CNc1ncnc2c1CN(c1ccc(C)cn1)CC2. The largest absolute Gasteiger partial charge is 0.366 e. The molecule has 1 aliphatic heterocycles. The third-order valence-electron chi connectivity index (χ3n) is 5.02. The molecule has 3 heterocycles. The minimum atomic E-state index is 0.619. The lowest BCUT2D eigenvalue weighted by molar-refractivity contribution is 0.697. The zero-order chi connectivity index (χ0) is 19.5. The van der Waals surface area contributed by atoms with Gasteiger partial charge in [-0.3, -0.25) is 0 Å². The lowest BCUT2D eigenvalue weighted by Gasteiger charge is -2.30. The number of benzene rings is 1. The molecule has 2 aromatic heterocycles. The molecule has 0 fully saturated rings. The van der Waals surface area contributed by atoms with Crippen LogP contribution in [0.1, 0.15) is 27.9 Å². The number of rotatable bonds is 5. The van der Waals surface area contributed by atoms with E-state index in [4.69, 9.17) is 11.6 Å². The summed E-state index contributed by atoms with van der Waals surface area (Å²) in [4.78, 5) is 15.8. The maximum absolute atomic E-state index is 6.29.